The zero-order valence-corrected chi connectivity index (χ0v) is 12.9. The van der Waals surface area contributed by atoms with Crippen LogP contribution in [0.4, 0.5) is 5.82 Å². The van der Waals surface area contributed by atoms with E-state index in [0.717, 1.165) is 35.8 Å². The number of fused-ring (bicyclic) bond motifs is 1. The minimum Gasteiger partial charge on any atom is -0.354 e. The maximum atomic E-state index is 4.67. The predicted molar refractivity (Wildman–Crippen MR) is 91.2 cm³/mol. The van der Waals surface area contributed by atoms with Crippen LogP contribution in [0.25, 0.3) is 11.2 Å². The summed E-state index contributed by atoms with van der Waals surface area (Å²) >= 11 is 2.02. The van der Waals surface area contributed by atoms with Gasteiger partial charge in [0.2, 0.25) is 0 Å². The molecule has 1 aliphatic rings. The lowest BCUT2D eigenvalue weighted by atomic mass is 10.1. The maximum Gasteiger partial charge on any atom is 0.180 e. The van der Waals surface area contributed by atoms with E-state index in [9.17, 15) is 0 Å². The summed E-state index contributed by atoms with van der Waals surface area (Å²) in [5, 5.41) is 0.495. The maximum absolute atomic E-state index is 4.67. The lowest BCUT2D eigenvalue weighted by Crippen LogP contribution is -2.34. The van der Waals surface area contributed by atoms with Gasteiger partial charge in [-0.2, -0.15) is 11.8 Å². The van der Waals surface area contributed by atoms with E-state index in [1.165, 1.54) is 5.56 Å². The van der Waals surface area contributed by atoms with Gasteiger partial charge in [-0.15, -0.1) is 0 Å². The van der Waals surface area contributed by atoms with E-state index in [0.29, 0.717) is 5.25 Å². The normalized spacial score (nSPS) is 18.5. The molecule has 110 valence electrons. The monoisotopic (exact) mass is 308 g/mol. The standard InChI is InChI=1S/C17H16N4S/c1-2-4-13(5-3-1)15-12-21(10-11-22-15)16-7-6-14-17(20-16)19-9-8-18-14/h1-9,15H,10-12H2/t15-/m1/s1. The second-order valence-corrected chi connectivity index (χ2v) is 6.60. The molecule has 22 heavy (non-hydrogen) atoms. The van der Waals surface area contributed by atoms with Crippen LogP contribution in [0, 0.1) is 0 Å². The van der Waals surface area contributed by atoms with Crippen molar-refractivity contribution < 1.29 is 0 Å². The third-order valence-corrected chi connectivity index (χ3v) is 5.12. The second kappa shape index (κ2) is 5.93. The van der Waals surface area contributed by atoms with Crippen LogP contribution in [0.15, 0.2) is 54.9 Å². The van der Waals surface area contributed by atoms with Crippen molar-refractivity contribution in [1.29, 1.82) is 0 Å². The number of nitrogens with zero attached hydrogens (tertiary/aromatic N) is 4. The lowest BCUT2D eigenvalue weighted by Gasteiger charge is -2.33. The Balaban J connectivity index is 1.61. The van der Waals surface area contributed by atoms with Crippen LogP contribution in [0.3, 0.4) is 0 Å². The van der Waals surface area contributed by atoms with E-state index in [4.69, 9.17) is 0 Å². The average molecular weight is 308 g/mol. The highest BCUT2D eigenvalue weighted by Gasteiger charge is 2.22. The Hall–Kier alpha value is -2.14. The van der Waals surface area contributed by atoms with E-state index in [2.05, 4.69) is 56.3 Å². The van der Waals surface area contributed by atoms with Crippen molar-refractivity contribution in [3.05, 3.63) is 60.4 Å². The van der Waals surface area contributed by atoms with Crippen molar-refractivity contribution in [2.45, 2.75) is 5.25 Å². The quantitative estimate of drug-likeness (QED) is 0.726. The molecule has 0 saturated carbocycles. The Morgan fingerprint density at radius 1 is 1.00 bits per heavy atom. The highest BCUT2D eigenvalue weighted by Crippen LogP contribution is 2.34. The number of benzene rings is 1. The van der Waals surface area contributed by atoms with Gasteiger partial charge >= 0.3 is 0 Å². The van der Waals surface area contributed by atoms with Crippen LogP contribution in [0.5, 0.6) is 0 Å². The molecule has 0 unspecified atom stereocenters. The summed E-state index contributed by atoms with van der Waals surface area (Å²) in [5.74, 6) is 2.11. The summed E-state index contributed by atoms with van der Waals surface area (Å²) < 4.78 is 0. The SMILES string of the molecule is c1ccc([C@H]2CN(c3ccc4nccnc4n3)CCS2)cc1. The Bertz CT molecular complexity index is 778. The molecule has 0 bridgehead atoms. The number of aromatic nitrogens is 3. The fourth-order valence-corrected chi connectivity index (χ4v) is 3.99. The molecule has 3 heterocycles. The van der Waals surface area contributed by atoms with Gasteiger partial charge in [0.1, 0.15) is 11.3 Å². The smallest absolute Gasteiger partial charge is 0.180 e. The zero-order valence-electron chi connectivity index (χ0n) is 12.1. The first-order chi connectivity index (χ1) is 10.9. The van der Waals surface area contributed by atoms with E-state index >= 15 is 0 Å². The van der Waals surface area contributed by atoms with Crippen molar-refractivity contribution in [2.75, 3.05) is 23.7 Å². The zero-order chi connectivity index (χ0) is 14.8. The fraction of sp³-hybridized carbons (Fsp3) is 0.235. The van der Waals surface area contributed by atoms with Crippen molar-refractivity contribution in [2.24, 2.45) is 0 Å². The highest BCUT2D eigenvalue weighted by atomic mass is 32.2. The van der Waals surface area contributed by atoms with E-state index in [1.54, 1.807) is 12.4 Å². The van der Waals surface area contributed by atoms with E-state index < -0.39 is 0 Å². The van der Waals surface area contributed by atoms with Crippen LogP contribution >= 0.6 is 11.8 Å². The number of pyridine rings is 1. The first kappa shape index (κ1) is 13.5. The molecule has 0 amide bonds. The van der Waals surface area contributed by atoms with Gasteiger partial charge in [-0.1, -0.05) is 30.3 Å². The van der Waals surface area contributed by atoms with Crippen LogP contribution < -0.4 is 4.90 Å². The highest BCUT2D eigenvalue weighted by molar-refractivity contribution is 7.99. The van der Waals surface area contributed by atoms with Crippen LogP contribution in [0.2, 0.25) is 0 Å². The van der Waals surface area contributed by atoms with E-state index in [-0.39, 0.29) is 0 Å². The molecule has 1 fully saturated rings. The van der Waals surface area contributed by atoms with E-state index in [1.807, 2.05) is 17.8 Å². The number of hydrogen-bond donors (Lipinski definition) is 0. The summed E-state index contributed by atoms with van der Waals surface area (Å²) in [4.78, 5) is 15.6. The number of thioether (sulfide) groups is 1. The van der Waals surface area contributed by atoms with Crippen molar-refractivity contribution >= 4 is 28.7 Å². The molecule has 0 N–H and O–H groups in total. The molecular formula is C17H16N4S. The van der Waals surface area contributed by atoms with Gasteiger partial charge in [-0.25, -0.2) is 9.97 Å². The molecule has 1 atom stereocenters. The Kier molecular flexibility index (Phi) is 3.64. The summed E-state index contributed by atoms with van der Waals surface area (Å²) in [6.07, 6.45) is 3.39. The van der Waals surface area contributed by atoms with Gasteiger partial charge in [0, 0.05) is 36.5 Å². The first-order valence-electron chi connectivity index (χ1n) is 7.39. The first-order valence-corrected chi connectivity index (χ1v) is 8.44. The topological polar surface area (TPSA) is 41.9 Å². The molecule has 1 saturated heterocycles. The number of anilines is 1. The molecule has 5 heteroatoms. The molecule has 2 aromatic heterocycles. The lowest BCUT2D eigenvalue weighted by molar-refractivity contribution is 0.765. The predicted octanol–water partition coefficient (Wildman–Crippen LogP) is 3.32. The molecular weight excluding hydrogens is 292 g/mol. The van der Waals surface area contributed by atoms with Crippen LogP contribution in [-0.4, -0.2) is 33.8 Å². The summed E-state index contributed by atoms with van der Waals surface area (Å²) in [5.41, 5.74) is 2.95. The van der Waals surface area contributed by atoms with Gasteiger partial charge in [-0.05, 0) is 17.7 Å². The summed E-state index contributed by atoms with van der Waals surface area (Å²) in [6, 6.07) is 14.8. The molecule has 3 aromatic rings. The van der Waals surface area contributed by atoms with Gasteiger partial charge in [0.05, 0.1) is 0 Å². The number of hydrogen-bond acceptors (Lipinski definition) is 5. The number of rotatable bonds is 2. The Morgan fingerprint density at radius 2 is 1.86 bits per heavy atom. The second-order valence-electron chi connectivity index (χ2n) is 5.28. The minimum absolute atomic E-state index is 0.495. The van der Waals surface area contributed by atoms with Gasteiger partial charge < -0.3 is 4.90 Å². The average Bonchev–Trinajstić information content (AvgIpc) is 2.62. The third-order valence-electron chi connectivity index (χ3n) is 3.88. The van der Waals surface area contributed by atoms with Crippen LogP contribution in [0.1, 0.15) is 10.8 Å². The molecule has 1 aliphatic heterocycles. The molecule has 1 aromatic carbocycles. The Labute approximate surface area is 133 Å². The third kappa shape index (κ3) is 2.64. The molecule has 0 radical (unpaired) electrons. The molecule has 4 rings (SSSR count). The Morgan fingerprint density at radius 3 is 2.77 bits per heavy atom. The van der Waals surface area contributed by atoms with Crippen molar-refractivity contribution in [3.63, 3.8) is 0 Å². The summed E-state index contributed by atoms with van der Waals surface area (Å²) in [7, 11) is 0. The molecule has 0 aliphatic carbocycles. The fourth-order valence-electron chi connectivity index (χ4n) is 2.75. The van der Waals surface area contributed by atoms with Gasteiger partial charge in [0.25, 0.3) is 0 Å². The van der Waals surface area contributed by atoms with Crippen LogP contribution in [-0.2, 0) is 0 Å². The largest absolute Gasteiger partial charge is 0.354 e. The van der Waals surface area contributed by atoms with Gasteiger partial charge in [-0.3, -0.25) is 4.98 Å². The minimum atomic E-state index is 0.495. The molecule has 0 spiro atoms. The van der Waals surface area contributed by atoms with Gasteiger partial charge in [0.15, 0.2) is 5.65 Å². The van der Waals surface area contributed by atoms with Crippen molar-refractivity contribution in [3.8, 4) is 0 Å². The van der Waals surface area contributed by atoms with Crippen molar-refractivity contribution in [1.82, 2.24) is 15.0 Å². The summed E-state index contributed by atoms with van der Waals surface area (Å²) in [6.45, 7) is 2.00. The molecule has 4 nitrogen and oxygen atoms in total.